The van der Waals surface area contributed by atoms with Crippen molar-refractivity contribution in [1.29, 1.82) is 0 Å². The van der Waals surface area contributed by atoms with E-state index in [0.29, 0.717) is 5.56 Å². The predicted molar refractivity (Wildman–Crippen MR) is 119 cm³/mol. The fourth-order valence-corrected chi connectivity index (χ4v) is 5.81. The summed E-state index contributed by atoms with van der Waals surface area (Å²) in [4.78, 5) is 51.6. The number of fused-ring (bicyclic) bond motifs is 1. The van der Waals surface area contributed by atoms with Crippen molar-refractivity contribution in [2.75, 3.05) is 0 Å². The summed E-state index contributed by atoms with van der Waals surface area (Å²) in [6.07, 6.45) is 0. The number of β-lactam (4-membered cyclic amide) rings is 1. The third-order valence-corrected chi connectivity index (χ3v) is 7.33. The molecule has 0 bridgehead atoms. The number of nitrogens with one attached hydrogen (secondary N) is 2. The summed E-state index contributed by atoms with van der Waals surface area (Å²) < 4.78 is 13.3. The van der Waals surface area contributed by atoms with Gasteiger partial charge in [0.2, 0.25) is 11.8 Å². The van der Waals surface area contributed by atoms with Gasteiger partial charge >= 0.3 is 5.97 Å². The quantitative estimate of drug-likeness (QED) is 0.555. The maximum atomic E-state index is 14.1. The van der Waals surface area contributed by atoms with Crippen molar-refractivity contribution < 1.29 is 28.7 Å². The van der Waals surface area contributed by atoms with Gasteiger partial charge in [0.15, 0.2) is 0 Å². The van der Waals surface area contributed by atoms with Crippen LogP contribution in [0.4, 0.5) is 4.39 Å². The van der Waals surface area contributed by atoms with Crippen molar-refractivity contribution in [3.05, 3.63) is 71.5 Å². The zero-order chi connectivity index (χ0) is 23.9. The molecule has 0 radical (unpaired) electrons. The Morgan fingerprint density at radius 1 is 1.09 bits per heavy atom. The molecule has 0 aliphatic carbocycles. The lowest BCUT2D eigenvalue weighted by atomic mass is 9.95. The number of carboxylic acids is 1. The second-order valence-corrected chi connectivity index (χ2v) is 10.2. The first-order valence-corrected chi connectivity index (χ1v) is 11.1. The van der Waals surface area contributed by atoms with Crippen LogP contribution in [0, 0.1) is 5.82 Å². The fourth-order valence-electron chi connectivity index (χ4n) is 4.18. The molecule has 33 heavy (non-hydrogen) atoms. The second-order valence-electron chi connectivity index (χ2n) is 8.38. The Hall–Kier alpha value is -3.40. The number of halogens is 1. The zero-order valence-electron chi connectivity index (χ0n) is 17.8. The van der Waals surface area contributed by atoms with Crippen LogP contribution in [0.5, 0.6) is 0 Å². The normalized spacial score (nSPS) is 23.8. The van der Waals surface area contributed by atoms with E-state index >= 15 is 0 Å². The first-order valence-electron chi connectivity index (χ1n) is 10.3. The smallest absolute Gasteiger partial charge is 0.327 e. The molecule has 3 amide bonds. The van der Waals surface area contributed by atoms with Gasteiger partial charge in [-0.25, -0.2) is 9.18 Å². The first-order chi connectivity index (χ1) is 15.6. The van der Waals surface area contributed by atoms with Crippen molar-refractivity contribution in [2.45, 2.75) is 42.1 Å². The maximum Gasteiger partial charge on any atom is 0.327 e. The van der Waals surface area contributed by atoms with Crippen LogP contribution in [0.15, 0.2) is 54.6 Å². The van der Waals surface area contributed by atoms with Crippen LogP contribution in [0.1, 0.15) is 35.8 Å². The van der Waals surface area contributed by atoms with E-state index in [1.54, 1.807) is 44.2 Å². The van der Waals surface area contributed by atoms with Gasteiger partial charge in [0, 0.05) is 4.75 Å². The zero-order valence-corrected chi connectivity index (χ0v) is 18.6. The highest BCUT2D eigenvalue weighted by molar-refractivity contribution is 8.01. The van der Waals surface area contributed by atoms with E-state index in [4.69, 9.17) is 0 Å². The minimum atomic E-state index is -1.19. The minimum absolute atomic E-state index is 0.213. The fraction of sp³-hybridized carbons (Fsp3) is 0.304. The van der Waals surface area contributed by atoms with Crippen molar-refractivity contribution >= 4 is 35.5 Å². The van der Waals surface area contributed by atoms with Crippen LogP contribution in [-0.2, 0) is 14.4 Å². The van der Waals surface area contributed by atoms with Gasteiger partial charge in [0.25, 0.3) is 5.91 Å². The summed E-state index contributed by atoms with van der Waals surface area (Å²) in [6.45, 7) is 3.48. The number of carbonyl (C=O) groups excluding carboxylic acids is 3. The van der Waals surface area contributed by atoms with Gasteiger partial charge in [-0.15, -0.1) is 11.8 Å². The second kappa shape index (κ2) is 8.51. The molecule has 10 heteroatoms. The number of rotatable bonds is 6. The largest absolute Gasteiger partial charge is 0.480 e. The number of aliphatic carboxylic acids is 1. The Balaban J connectivity index is 1.55. The van der Waals surface area contributed by atoms with Crippen molar-refractivity contribution in [1.82, 2.24) is 15.5 Å². The lowest BCUT2D eigenvalue weighted by molar-refractivity contribution is -0.161. The molecule has 2 aromatic rings. The van der Waals surface area contributed by atoms with Crippen molar-refractivity contribution in [3.8, 4) is 0 Å². The number of benzene rings is 2. The molecule has 2 heterocycles. The number of carboxylic acid groups (broad SMARTS) is 1. The molecule has 3 N–H and O–H groups in total. The molecule has 2 aliphatic rings. The summed E-state index contributed by atoms with van der Waals surface area (Å²) in [5, 5.41) is 14.2. The molecule has 8 nitrogen and oxygen atoms in total. The van der Waals surface area contributed by atoms with E-state index in [9.17, 15) is 28.7 Å². The number of thioether (sulfide) groups is 1. The Labute approximate surface area is 193 Å². The molecule has 0 spiro atoms. The Bertz CT molecular complexity index is 1130. The summed E-state index contributed by atoms with van der Waals surface area (Å²) >= 11 is 1.30. The molecule has 0 aromatic heterocycles. The lowest BCUT2D eigenvalue weighted by Crippen LogP contribution is -2.71. The molecular weight excluding hydrogens is 449 g/mol. The Morgan fingerprint density at radius 2 is 1.73 bits per heavy atom. The molecule has 2 aliphatic heterocycles. The minimum Gasteiger partial charge on any atom is -0.480 e. The van der Waals surface area contributed by atoms with Crippen molar-refractivity contribution in [3.63, 3.8) is 0 Å². The SMILES string of the molecule is CC1(C)S[C@@H]2[C@H](NC(=O)[C@@H](NC(=O)c3ccccc3F)c3ccccc3)C(=O)N2[C@@H]1C(=O)O. The van der Waals surface area contributed by atoms with Gasteiger partial charge in [0.1, 0.15) is 29.3 Å². The van der Waals surface area contributed by atoms with Crippen molar-refractivity contribution in [2.24, 2.45) is 0 Å². The standard InChI is InChI=1S/C23H22FN3O5S/c1-23(2)17(22(31)32)27-20(30)16(21(27)33-23)26-19(29)15(12-8-4-3-5-9-12)25-18(28)13-10-6-7-11-14(13)24/h3-11,15-17,21H,1-2H3,(H,25,28)(H,26,29)(H,31,32)/t15-,16+,17+,21+/m0/s1. The van der Waals surface area contributed by atoms with Gasteiger partial charge in [-0.2, -0.15) is 0 Å². The van der Waals surface area contributed by atoms with E-state index < -0.39 is 57.8 Å². The number of carbonyl (C=O) groups is 4. The van der Waals surface area contributed by atoms with Gasteiger partial charge in [-0.05, 0) is 31.5 Å². The number of hydrogen-bond acceptors (Lipinski definition) is 5. The molecule has 2 saturated heterocycles. The maximum absolute atomic E-state index is 14.1. The van der Waals surface area contributed by atoms with E-state index in [-0.39, 0.29) is 5.56 Å². The molecule has 2 aromatic carbocycles. The summed E-state index contributed by atoms with van der Waals surface area (Å²) in [5.74, 6) is -3.75. The molecule has 4 atom stereocenters. The van der Waals surface area contributed by atoms with Crippen LogP contribution in [-0.4, -0.2) is 55.9 Å². The predicted octanol–water partition coefficient (Wildman–Crippen LogP) is 1.93. The number of nitrogens with zero attached hydrogens (tertiary/aromatic N) is 1. The summed E-state index contributed by atoms with van der Waals surface area (Å²) in [7, 11) is 0. The lowest BCUT2D eigenvalue weighted by Gasteiger charge is -2.44. The van der Waals surface area contributed by atoms with Gasteiger partial charge in [0.05, 0.1) is 5.56 Å². The monoisotopic (exact) mass is 471 g/mol. The third-order valence-electron chi connectivity index (χ3n) is 5.76. The van der Waals surface area contributed by atoms with Crippen LogP contribution in [0.3, 0.4) is 0 Å². The van der Waals surface area contributed by atoms with Gasteiger partial charge < -0.3 is 20.6 Å². The number of hydrogen-bond donors (Lipinski definition) is 3. The average Bonchev–Trinajstić information content (AvgIpc) is 3.04. The van der Waals surface area contributed by atoms with E-state index in [2.05, 4.69) is 10.6 Å². The third kappa shape index (κ3) is 4.06. The topological polar surface area (TPSA) is 116 Å². The Kier molecular flexibility index (Phi) is 5.87. The van der Waals surface area contributed by atoms with Crippen LogP contribution >= 0.6 is 11.8 Å². The average molecular weight is 472 g/mol. The molecule has 172 valence electrons. The molecule has 2 fully saturated rings. The van der Waals surface area contributed by atoms with E-state index in [0.717, 1.165) is 6.07 Å². The van der Waals surface area contributed by atoms with E-state index in [1.165, 1.54) is 34.9 Å². The van der Waals surface area contributed by atoms with Crippen LogP contribution in [0.2, 0.25) is 0 Å². The van der Waals surface area contributed by atoms with E-state index in [1.807, 2.05) is 0 Å². The summed E-state index contributed by atoms with van der Waals surface area (Å²) in [5.41, 5.74) is 0.237. The molecule has 0 unspecified atom stereocenters. The molecular formula is C23H22FN3O5S. The highest BCUT2D eigenvalue weighted by Gasteiger charge is 2.64. The first kappa shape index (κ1) is 22.8. The number of amides is 3. The van der Waals surface area contributed by atoms with Gasteiger partial charge in [-0.3, -0.25) is 14.4 Å². The summed E-state index contributed by atoms with van der Waals surface area (Å²) in [6, 6.07) is 10.7. The van der Waals surface area contributed by atoms with Gasteiger partial charge in [-0.1, -0.05) is 42.5 Å². The highest BCUT2D eigenvalue weighted by atomic mass is 32.2. The highest BCUT2D eigenvalue weighted by Crippen LogP contribution is 2.50. The Morgan fingerprint density at radius 3 is 2.36 bits per heavy atom. The van der Waals surface area contributed by atoms with Crippen LogP contribution < -0.4 is 10.6 Å². The molecule has 4 rings (SSSR count). The van der Waals surface area contributed by atoms with Crippen LogP contribution in [0.25, 0.3) is 0 Å². The molecule has 0 saturated carbocycles.